The Morgan fingerprint density at radius 3 is 1.67 bits per heavy atom. The van der Waals surface area contributed by atoms with Crippen LogP contribution in [0, 0.1) is 23.7 Å². The quantitative estimate of drug-likeness (QED) is 0.0266. The monoisotopic (exact) mass is 969 g/mol. The number of halogens is 3. The van der Waals surface area contributed by atoms with Gasteiger partial charge in [-0.25, -0.2) is 4.68 Å². The van der Waals surface area contributed by atoms with Crippen LogP contribution in [0.25, 0.3) is 5.69 Å². The molecule has 3 aromatic heterocycles. The van der Waals surface area contributed by atoms with Gasteiger partial charge in [0.15, 0.2) is 17.3 Å². The second-order valence-electron chi connectivity index (χ2n) is 18.5. The average Bonchev–Trinajstić information content (AvgIpc) is 4.17. The molecule has 4 N–H and O–H groups in total. The van der Waals surface area contributed by atoms with Gasteiger partial charge in [0.25, 0.3) is 5.91 Å². The fraction of sp³-hybridized carbons (Fsp3) is 0.625. The third-order valence-corrected chi connectivity index (χ3v) is 13.0. The summed E-state index contributed by atoms with van der Waals surface area (Å²) in [7, 11) is 2.85. The maximum absolute atomic E-state index is 13.5. The molecule has 3 aliphatic rings. The minimum absolute atomic E-state index is 0.0113. The fourth-order valence-electron chi connectivity index (χ4n) is 8.82. The van der Waals surface area contributed by atoms with Crippen LogP contribution in [0.3, 0.4) is 0 Å². The fourth-order valence-corrected chi connectivity index (χ4v) is 8.82. The van der Waals surface area contributed by atoms with Crippen molar-refractivity contribution in [3.63, 3.8) is 0 Å². The van der Waals surface area contributed by atoms with Crippen molar-refractivity contribution in [1.82, 2.24) is 35.4 Å². The number of ketones is 1. The molecular formula is C48H66F3N9O9. The molecule has 3 heterocycles. The Bertz CT molecular complexity index is 2290. The van der Waals surface area contributed by atoms with Crippen LogP contribution in [-0.2, 0) is 30.0 Å². The van der Waals surface area contributed by atoms with Gasteiger partial charge in [-0.2, -0.15) is 28.2 Å². The van der Waals surface area contributed by atoms with Gasteiger partial charge in [-0.1, -0.05) is 61.4 Å². The molecule has 18 nitrogen and oxygen atoms in total. The van der Waals surface area contributed by atoms with Crippen molar-refractivity contribution in [1.29, 1.82) is 0 Å². The van der Waals surface area contributed by atoms with E-state index in [1.54, 1.807) is 30.3 Å². The highest BCUT2D eigenvalue weighted by Crippen LogP contribution is 2.37. The number of hydrogen-bond acceptors (Lipinski definition) is 15. The number of Topliss-reactive ketones (excluding diaryl/α,β-unsaturated/α-hetero) is 1. The van der Waals surface area contributed by atoms with E-state index in [4.69, 9.17) is 24.7 Å². The van der Waals surface area contributed by atoms with Crippen molar-refractivity contribution in [3.05, 3.63) is 71.2 Å². The summed E-state index contributed by atoms with van der Waals surface area (Å²) in [6, 6.07) is 8.26. The first-order valence-electron chi connectivity index (χ1n) is 23.8. The van der Waals surface area contributed by atoms with Gasteiger partial charge in [-0.3, -0.25) is 19.2 Å². The molecule has 0 atom stereocenters. The third kappa shape index (κ3) is 15.2. The van der Waals surface area contributed by atoms with Crippen LogP contribution >= 0.6 is 0 Å². The molecule has 21 heteroatoms. The molecule has 1 amide bonds. The van der Waals surface area contributed by atoms with E-state index in [2.05, 4.69) is 40.6 Å². The predicted octanol–water partition coefficient (Wildman–Crippen LogP) is 8.80. The van der Waals surface area contributed by atoms with Crippen molar-refractivity contribution < 1.29 is 56.1 Å². The Kier molecular flexibility index (Phi) is 19.8. The molecule has 378 valence electrons. The lowest BCUT2D eigenvalue weighted by Crippen LogP contribution is -2.30. The Labute approximate surface area is 399 Å². The zero-order chi connectivity index (χ0) is 50.3. The van der Waals surface area contributed by atoms with E-state index in [1.807, 2.05) is 27.7 Å². The van der Waals surface area contributed by atoms with E-state index < -0.39 is 23.3 Å². The molecule has 0 bridgehead atoms. The summed E-state index contributed by atoms with van der Waals surface area (Å²) in [4.78, 5) is 56.7. The molecule has 1 aromatic carbocycles. The van der Waals surface area contributed by atoms with Crippen LogP contribution in [-0.4, -0.2) is 85.5 Å². The van der Waals surface area contributed by atoms with Crippen LogP contribution < -0.4 is 11.1 Å². The van der Waals surface area contributed by atoms with E-state index in [9.17, 15) is 32.3 Å². The lowest BCUT2D eigenvalue weighted by molar-refractivity contribution is -0.147. The smallest absolute Gasteiger partial charge is 0.435 e. The molecule has 0 saturated heterocycles. The molecule has 3 saturated carbocycles. The van der Waals surface area contributed by atoms with Crippen LogP contribution in [0.2, 0.25) is 0 Å². The van der Waals surface area contributed by atoms with Gasteiger partial charge in [-0.15, -0.1) is 0 Å². The van der Waals surface area contributed by atoms with Crippen molar-refractivity contribution in [2.24, 2.45) is 34.6 Å². The maximum Gasteiger partial charge on any atom is 0.435 e. The standard InChI is InChI=1S/C26H30F3N5O3.C13H20N2O3.C9H16N2O3/c1-16(2)25-31-23(33-37-25)18-12-10-17(11-13-18)21(35)9-6-14-30-24(36)20-15-34(19-7-4-3-5-8-19)32-22(20)26(27,28)29;1-8(2)12-14-11(15-18-12)9-4-6-10(7-5-9)13(16)17-3;1-14-9(12)7-4-2-6(3-5-7)8(10)11-13/h3-5,7-8,15-18H,6,9-14H2,1-2H3,(H,30,36);8-10H,4-7H2,1-3H3;6-7,13H,2-5H2,1H3,(H2,10,11). The Hall–Kier alpha value is -6.15. The summed E-state index contributed by atoms with van der Waals surface area (Å²) in [6.45, 7) is 8.13. The van der Waals surface area contributed by atoms with Crippen LogP contribution in [0.1, 0.15) is 181 Å². The lowest BCUT2D eigenvalue weighted by Gasteiger charge is -2.25. The predicted molar refractivity (Wildman–Crippen MR) is 244 cm³/mol. The summed E-state index contributed by atoms with van der Waals surface area (Å²) in [5.74, 6) is 3.08. The third-order valence-electron chi connectivity index (χ3n) is 13.0. The Morgan fingerprint density at radius 2 is 1.23 bits per heavy atom. The number of oxime groups is 1. The normalized spacial score (nSPS) is 21.9. The van der Waals surface area contributed by atoms with E-state index >= 15 is 0 Å². The summed E-state index contributed by atoms with van der Waals surface area (Å²) in [5.41, 5.74) is 4.10. The highest BCUT2D eigenvalue weighted by Gasteiger charge is 2.39. The number of amides is 1. The highest BCUT2D eigenvalue weighted by atomic mass is 19.4. The van der Waals surface area contributed by atoms with Gasteiger partial charge < -0.3 is 34.8 Å². The summed E-state index contributed by atoms with van der Waals surface area (Å²) < 4.78 is 61.5. The number of para-hydroxylation sites is 1. The van der Waals surface area contributed by atoms with Gasteiger partial charge in [-0.05, 0) is 95.6 Å². The first-order chi connectivity index (χ1) is 32.9. The number of alkyl halides is 3. The van der Waals surface area contributed by atoms with Gasteiger partial charge >= 0.3 is 18.1 Å². The zero-order valence-corrected chi connectivity index (χ0v) is 40.2. The van der Waals surface area contributed by atoms with Crippen molar-refractivity contribution in [2.75, 3.05) is 20.8 Å². The van der Waals surface area contributed by atoms with Gasteiger partial charge in [0, 0.05) is 54.7 Å². The summed E-state index contributed by atoms with van der Waals surface area (Å²) in [6.07, 6.45) is 6.61. The second kappa shape index (κ2) is 25.5. The van der Waals surface area contributed by atoms with Crippen molar-refractivity contribution in [2.45, 2.75) is 147 Å². The zero-order valence-electron chi connectivity index (χ0n) is 40.2. The number of hydrogen-bond donors (Lipinski definition) is 3. The van der Waals surface area contributed by atoms with Gasteiger partial charge in [0.2, 0.25) is 11.8 Å². The number of benzene rings is 1. The molecule has 69 heavy (non-hydrogen) atoms. The molecular weight excluding hydrogens is 904 g/mol. The largest absolute Gasteiger partial charge is 0.469 e. The number of esters is 2. The number of aromatic nitrogens is 6. The number of ether oxygens (including phenoxy) is 2. The number of rotatable bonds is 14. The van der Waals surface area contributed by atoms with Crippen molar-refractivity contribution in [3.8, 4) is 5.69 Å². The lowest BCUT2D eigenvalue weighted by atomic mass is 9.79. The van der Waals surface area contributed by atoms with Crippen molar-refractivity contribution >= 4 is 29.5 Å². The highest BCUT2D eigenvalue weighted by molar-refractivity contribution is 5.95. The number of carbonyl (C=O) groups is 4. The van der Waals surface area contributed by atoms with Crippen LogP contribution in [0.4, 0.5) is 13.2 Å². The number of nitrogens with one attached hydrogen (secondary N) is 1. The first-order valence-corrected chi connectivity index (χ1v) is 23.8. The number of carbonyl (C=O) groups excluding carboxylic acids is 4. The molecule has 0 spiro atoms. The Morgan fingerprint density at radius 1 is 0.768 bits per heavy atom. The topological polar surface area (TPSA) is 253 Å². The average molecular weight is 970 g/mol. The SMILES string of the molecule is CC(C)c1nc(C2CCC(C(=O)CCCNC(=O)c3cn(-c4ccccc4)nc3C(F)(F)F)CC2)no1.COC(=O)C1CCC(/C(N)=N/O)CC1.COC(=O)C1CCC(c2noc(C(C)C)n2)CC1. The number of methoxy groups -OCH3 is 2. The molecule has 7 rings (SSSR count). The van der Waals surface area contributed by atoms with E-state index in [0.29, 0.717) is 35.6 Å². The molecule has 3 fully saturated rings. The van der Waals surface area contributed by atoms with Gasteiger partial charge in [0.1, 0.15) is 11.6 Å². The van der Waals surface area contributed by atoms with E-state index in [0.717, 1.165) is 93.8 Å². The molecule has 0 radical (unpaired) electrons. The number of nitrogens with two attached hydrogens (primary N) is 1. The van der Waals surface area contributed by atoms with Crippen LogP contribution in [0.5, 0.6) is 0 Å². The molecule has 0 aliphatic heterocycles. The number of amidine groups is 1. The molecule has 3 aliphatic carbocycles. The Balaban J connectivity index is 0.000000228. The first kappa shape index (κ1) is 53.8. The summed E-state index contributed by atoms with van der Waals surface area (Å²) in [5, 5.41) is 25.7. The second-order valence-corrected chi connectivity index (χ2v) is 18.5. The van der Waals surface area contributed by atoms with E-state index in [-0.39, 0.29) is 77.9 Å². The summed E-state index contributed by atoms with van der Waals surface area (Å²) >= 11 is 0. The minimum atomic E-state index is -4.78. The number of nitrogens with zero attached hydrogens (tertiary/aromatic N) is 7. The maximum atomic E-state index is 13.5. The van der Waals surface area contributed by atoms with E-state index in [1.165, 1.54) is 14.2 Å². The van der Waals surface area contributed by atoms with Crippen LogP contribution in [0.15, 0.2) is 50.7 Å². The van der Waals surface area contributed by atoms with Gasteiger partial charge in [0.05, 0.1) is 37.3 Å². The minimum Gasteiger partial charge on any atom is -0.469 e. The molecule has 4 aromatic rings. The molecule has 0 unspecified atom stereocenters.